The third-order valence-corrected chi connectivity index (χ3v) is 7.92. The number of nitrogens with one attached hydrogen (secondary N) is 2. The second-order valence-electron chi connectivity index (χ2n) is 8.21. The van der Waals surface area contributed by atoms with Crippen LogP contribution in [0.25, 0.3) is 11.0 Å². The average molecular weight is 388 g/mol. The zero-order chi connectivity index (χ0) is 19.2. The summed E-state index contributed by atoms with van der Waals surface area (Å²) in [5, 5.41) is 9.45. The van der Waals surface area contributed by atoms with Crippen molar-refractivity contribution >= 4 is 26.9 Å². The lowest BCUT2D eigenvalue weighted by Gasteiger charge is -2.46. The van der Waals surface area contributed by atoms with Gasteiger partial charge in [-0.25, -0.2) is 23.1 Å². The largest absolute Gasteiger partial charge is 0.356 e. The van der Waals surface area contributed by atoms with Crippen molar-refractivity contribution in [2.24, 2.45) is 5.41 Å². The molecule has 27 heavy (non-hydrogen) atoms. The van der Waals surface area contributed by atoms with Crippen molar-refractivity contribution in [2.45, 2.75) is 56.4 Å². The minimum atomic E-state index is -3.32. The Bertz CT molecular complexity index is 983. The quantitative estimate of drug-likeness (QED) is 0.781. The van der Waals surface area contributed by atoms with Crippen LogP contribution >= 0.6 is 0 Å². The summed E-state index contributed by atoms with van der Waals surface area (Å²) in [4.78, 5) is 13.8. The molecule has 4 rings (SSSR count). The molecule has 9 heteroatoms. The van der Waals surface area contributed by atoms with Gasteiger partial charge in [-0.2, -0.15) is 5.26 Å². The SMILES string of the molecule is CN(c1ncnc2[nH]ccc12)C1CC(NS(=O)(=O)[C@H]2C[C@@](C)(CC#N)C2)C1. The van der Waals surface area contributed by atoms with E-state index in [0.717, 1.165) is 29.7 Å². The van der Waals surface area contributed by atoms with Crippen molar-refractivity contribution in [3.8, 4) is 6.07 Å². The van der Waals surface area contributed by atoms with Crippen LogP contribution in [0, 0.1) is 16.7 Å². The molecule has 0 atom stereocenters. The number of nitrogens with zero attached hydrogens (tertiary/aromatic N) is 4. The molecule has 0 aromatic carbocycles. The normalized spacial score (nSPS) is 30.3. The molecule has 2 heterocycles. The van der Waals surface area contributed by atoms with E-state index in [4.69, 9.17) is 5.26 Å². The lowest BCUT2D eigenvalue weighted by molar-refractivity contribution is 0.169. The maximum Gasteiger partial charge on any atom is 0.214 e. The van der Waals surface area contributed by atoms with E-state index < -0.39 is 10.0 Å². The van der Waals surface area contributed by atoms with Gasteiger partial charge < -0.3 is 9.88 Å². The molecule has 2 aromatic rings. The fourth-order valence-corrected chi connectivity index (χ4v) is 6.33. The van der Waals surface area contributed by atoms with Gasteiger partial charge in [0, 0.05) is 31.7 Å². The Kier molecular flexibility index (Phi) is 4.35. The third kappa shape index (κ3) is 3.28. The minimum Gasteiger partial charge on any atom is -0.356 e. The van der Waals surface area contributed by atoms with Crippen molar-refractivity contribution in [1.29, 1.82) is 5.26 Å². The number of H-pyrrole nitrogens is 1. The summed E-state index contributed by atoms with van der Waals surface area (Å²) >= 11 is 0. The minimum absolute atomic E-state index is 0.0335. The summed E-state index contributed by atoms with van der Waals surface area (Å²) < 4.78 is 28.0. The molecule has 0 saturated heterocycles. The van der Waals surface area contributed by atoms with Crippen molar-refractivity contribution in [1.82, 2.24) is 19.7 Å². The zero-order valence-corrected chi connectivity index (χ0v) is 16.3. The summed E-state index contributed by atoms with van der Waals surface area (Å²) in [6.07, 6.45) is 6.45. The van der Waals surface area contributed by atoms with Crippen molar-refractivity contribution in [3.05, 3.63) is 18.6 Å². The van der Waals surface area contributed by atoms with Gasteiger partial charge in [-0.1, -0.05) is 6.92 Å². The molecule has 0 amide bonds. The van der Waals surface area contributed by atoms with Crippen LogP contribution in [0.15, 0.2) is 18.6 Å². The molecule has 144 valence electrons. The Morgan fingerprint density at radius 3 is 2.85 bits per heavy atom. The number of aromatic nitrogens is 3. The lowest BCUT2D eigenvalue weighted by Crippen LogP contribution is -2.56. The highest BCUT2D eigenvalue weighted by atomic mass is 32.2. The van der Waals surface area contributed by atoms with Gasteiger partial charge in [0.1, 0.15) is 17.8 Å². The summed E-state index contributed by atoms with van der Waals surface area (Å²) in [5.74, 6) is 0.860. The number of hydrogen-bond donors (Lipinski definition) is 2. The van der Waals surface area contributed by atoms with E-state index in [1.807, 2.05) is 26.2 Å². The molecule has 2 fully saturated rings. The first kappa shape index (κ1) is 18.2. The summed E-state index contributed by atoms with van der Waals surface area (Å²) in [6.45, 7) is 1.99. The van der Waals surface area contributed by atoms with Crippen LogP contribution < -0.4 is 9.62 Å². The molecule has 2 aliphatic carbocycles. The number of aromatic amines is 1. The maximum absolute atomic E-state index is 12.6. The first-order valence-corrected chi connectivity index (χ1v) is 10.7. The molecule has 8 nitrogen and oxygen atoms in total. The van der Waals surface area contributed by atoms with Crippen LogP contribution in [0.2, 0.25) is 0 Å². The Balaban J connectivity index is 1.33. The van der Waals surface area contributed by atoms with Gasteiger partial charge in [-0.05, 0) is 37.2 Å². The Morgan fingerprint density at radius 1 is 1.41 bits per heavy atom. The molecule has 2 N–H and O–H groups in total. The molecule has 2 aliphatic rings. The summed E-state index contributed by atoms with van der Waals surface area (Å²) in [7, 11) is -1.33. The molecule has 0 aliphatic heterocycles. The molecule has 0 bridgehead atoms. The van der Waals surface area contributed by atoms with Crippen LogP contribution in [-0.2, 0) is 10.0 Å². The van der Waals surface area contributed by atoms with Gasteiger partial charge in [-0.15, -0.1) is 0 Å². The highest BCUT2D eigenvalue weighted by molar-refractivity contribution is 7.90. The highest BCUT2D eigenvalue weighted by Gasteiger charge is 2.48. The zero-order valence-electron chi connectivity index (χ0n) is 15.5. The van der Waals surface area contributed by atoms with Gasteiger partial charge in [-0.3, -0.25) is 0 Å². The number of sulfonamides is 1. The van der Waals surface area contributed by atoms with E-state index in [-0.39, 0.29) is 22.7 Å². The first-order valence-electron chi connectivity index (χ1n) is 9.20. The average Bonchev–Trinajstić information content (AvgIpc) is 3.03. The van der Waals surface area contributed by atoms with Gasteiger partial charge >= 0.3 is 0 Å². The summed E-state index contributed by atoms with van der Waals surface area (Å²) in [5.41, 5.74) is 0.652. The predicted octanol–water partition coefficient (Wildman–Crippen LogP) is 1.93. The van der Waals surface area contributed by atoms with Crippen molar-refractivity contribution in [2.75, 3.05) is 11.9 Å². The fourth-order valence-electron chi connectivity index (χ4n) is 4.24. The van der Waals surface area contributed by atoms with E-state index in [2.05, 4.69) is 30.6 Å². The molecular weight excluding hydrogens is 364 g/mol. The third-order valence-electron chi connectivity index (χ3n) is 6.04. The molecule has 0 unspecified atom stereocenters. The van der Waals surface area contributed by atoms with E-state index in [1.165, 1.54) is 0 Å². The molecular formula is C18H24N6O2S. The van der Waals surface area contributed by atoms with Crippen molar-refractivity contribution in [3.63, 3.8) is 0 Å². The van der Waals surface area contributed by atoms with E-state index >= 15 is 0 Å². The smallest absolute Gasteiger partial charge is 0.214 e. The first-order chi connectivity index (χ1) is 12.8. The Labute approximate surface area is 159 Å². The fraction of sp³-hybridized carbons (Fsp3) is 0.611. The Morgan fingerprint density at radius 2 is 2.15 bits per heavy atom. The second-order valence-corrected chi connectivity index (χ2v) is 10.2. The van der Waals surface area contributed by atoms with Gasteiger partial charge in [0.25, 0.3) is 0 Å². The molecule has 0 spiro atoms. The lowest BCUT2D eigenvalue weighted by atomic mass is 9.68. The van der Waals surface area contributed by atoms with E-state index in [9.17, 15) is 8.42 Å². The standard InChI is InChI=1S/C18H24N6O2S/c1-18(4-5-19)9-14(10-18)27(25,26)23-12-7-13(8-12)24(2)17-15-3-6-20-16(15)21-11-22-17/h3,6,11-14,23H,4,7-10H2,1-2H3,(H,20,21,22)/t12?,13?,14-,18+. The Hall–Kier alpha value is -2.18. The van der Waals surface area contributed by atoms with Crippen LogP contribution in [0.1, 0.15) is 39.0 Å². The maximum atomic E-state index is 12.6. The van der Waals surface area contributed by atoms with Crippen LogP contribution in [0.4, 0.5) is 5.82 Å². The number of rotatable bonds is 6. The summed E-state index contributed by atoms with van der Waals surface area (Å²) in [6, 6.07) is 4.32. The van der Waals surface area contributed by atoms with E-state index in [1.54, 1.807) is 6.33 Å². The predicted molar refractivity (Wildman–Crippen MR) is 103 cm³/mol. The number of anilines is 1. The van der Waals surface area contributed by atoms with E-state index in [0.29, 0.717) is 19.3 Å². The van der Waals surface area contributed by atoms with Crippen LogP contribution in [0.3, 0.4) is 0 Å². The highest BCUT2D eigenvalue weighted by Crippen LogP contribution is 2.46. The van der Waals surface area contributed by atoms with Gasteiger partial charge in [0.05, 0.1) is 16.7 Å². The topological polar surface area (TPSA) is 115 Å². The molecule has 2 aromatic heterocycles. The number of hydrogen-bond acceptors (Lipinski definition) is 6. The van der Waals surface area contributed by atoms with Crippen LogP contribution in [-0.4, -0.2) is 47.8 Å². The number of fused-ring (bicyclic) bond motifs is 1. The van der Waals surface area contributed by atoms with Crippen LogP contribution in [0.5, 0.6) is 0 Å². The van der Waals surface area contributed by atoms with Crippen molar-refractivity contribution < 1.29 is 8.42 Å². The van der Waals surface area contributed by atoms with Gasteiger partial charge in [0.15, 0.2) is 0 Å². The number of nitriles is 1. The molecule has 2 saturated carbocycles. The molecule has 0 radical (unpaired) electrons. The van der Waals surface area contributed by atoms with Gasteiger partial charge in [0.2, 0.25) is 10.0 Å². The second kappa shape index (κ2) is 6.46. The monoisotopic (exact) mass is 388 g/mol.